The van der Waals surface area contributed by atoms with Gasteiger partial charge in [0.1, 0.15) is 0 Å². The van der Waals surface area contributed by atoms with E-state index < -0.39 is 17.3 Å². The summed E-state index contributed by atoms with van der Waals surface area (Å²) in [7, 11) is 3.67. The Kier molecular flexibility index (Phi) is 3.01. The van der Waals surface area contributed by atoms with Gasteiger partial charge >= 0.3 is 42.4 Å². The van der Waals surface area contributed by atoms with Gasteiger partial charge in [0.25, 0.3) is 0 Å². The van der Waals surface area contributed by atoms with Gasteiger partial charge in [0.2, 0.25) is 0 Å². The van der Waals surface area contributed by atoms with Gasteiger partial charge in [0.15, 0.2) is 0 Å². The summed E-state index contributed by atoms with van der Waals surface area (Å²) in [5, 5.41) is 0. The van der Waals surface area contributed by atoms with Crippen LogP contribution < -0.4 is 5.73 Å². The van der Waals surface area contributed by atoms with E-state index in [0.717, 1.165) is 0 Å². The van der Waals surface area contributed by atoms with E-state index in [2.05, 4.69) is 16.1 Å². The van der Waals surface area contributed by atoms with Crippen LogP contribution in [0.5, 0.6) is 0 Å². The third kappa shape index (κ3) is 4.51. The van der Waals surface area contributed by atoms with Crippen LogP contribution in [0.15, 0.2) is 0 Å². The molecule has 0 aromatic heterocycles. The molecule has 0 atom stereocenters. The molecule has 0 radical (unpaired) electrons. The number of primary amides is 1. The third-order valence-corrected chi connectivity index (χ3v) is 1.60. The Morgan fingerprint density at radius 2 is 2.20 bits per heavy atom. The van der Waals surface area contributed by atoms with Gasteiger partial charge < -0.3 is 0 Å². The Morgan fingerprint density at radius 3 is 2.20 bits per heavy atom. The number of nitrogens with two attached hydrogens (primary N) is 1. The quantitative estimate of drug-likeness (QED) is 0.425. The molecule has 0 aliphatic rings. The van der Waals surface area contributed by atoms with Crippen molar-refractivity contribution in [2.45, 2.75) is 0 Å². The molecule has 5 heavy (non-hydrogen) atoms. The van der Waals surface area contributed by atoms with Gasteiger partial charge in [-0.3, -0.25) is 0 Å². The molecule has 0 aromatic carbocycles. The first-order chi connectivity index (χ1) is 2.27. The van der Waals surface area contributed by atoms with Gasteiger partial charge in [0, 0.05) is 0 Å². The first-order valence-corrected chi connectivity index (χ1v) is 4.94. The summed E-state index contributed by atoms with van der Waals surface area (Å²) in [6.45, 7) is 0. The van der Waals surface area contributed by atoms with Crippen LogP contribution in [0, 0.1) is 0 Å². The zero-order valence-electron chi connectivity index (χ0n) is 2.34. The van der Waals surface area contributed by atoms with Gasteiger partial charge in [0.05, 0.1) is 0 Å². The Balaban J connectivity index is 2.85. The molecule has 4 heteroatoms. The molecule has 0 heterocycles. The molecule has 0 bridgehead atoms. The van der Waals surface area contributed by atoms with Crippen molar-refractivity contribution < 1.29 is 22.1 Å². The molecule has 0 aromatic rings. The predicted octanol–water partition coefficient (Wildman–Crippen LogP) is -0.00760. The number of amides is 1. The molecule has 0 saturated heterocycles. The van der Waals surface area contributed by atoms with Gasteiger partial charge in [-0.1, -0.05) is 0 Å². The van der Waals surface area contributed by atoms with Crippen LogP contribution in [0.4, 0.5) is 4.79 Å². The Hall–Kier alpha value is 0.508. The average molecular weight is 173 g/mol. The number of hydrogen-bond acceptors (Lipinski definition) is 2. The molecule has 0 saturated carbocycles. The number of carbonyl (C=O) groups excluding carboxylic acids is 1. The standard InChI is InChI=1S/CH2NO.Mo.H2S/c2-1-3;;/h(H2,2,3);;1H2/q;+1;/p-1. The summed E-state index contributed by atoms with van der Waals surface area (Å²) in [6.07, 6.45) is 0. The monoisotopic (exact) mass is 175 g/mol. The van der Waals surface area contributed by atoms with Crippen molar-refractivity contribution in [3.63, 3.8) is 0 Å². The second-order valence-corrected chi connectivity index (χ2v) is 2.93. The van der Waals surface area contributed by atoms with Crippen molar-refractivity contribution in [1.82, 2.24) is 0 Å². The number of rotatable bonds is 1. The summed E-state index contributed by atoms with van der Waals surface area (Å²) in [5.41, 5.74) is 4.63. The molecule has 2 nitrogen and oxygen atoms in total. The second-order valence-electron chi connectivity index (χ2n) is 0.410. The molecule has 0 rings (SSSR count). The fraction of sp³-hybridized carbons (Fsp3) is 0. The predicted molar refractivity (Wildman–Crippen MR) is 18.6 cm³/mol. The van der Waals surface area contributed by atoms with Crippen molar-refractivity contribution in [2.75, 3.05) is 0 Å². The van der Waals surface area contributed by atoms with E-state index in [4.69, 9.17) is 0 Å². The molecule has 0 aliphatic carbocycles. The number of thiol groups is 1. The number of carbonyl (C=O) groups is 1. The molecule has 0 spiro atoms. The fourth-order valence-corrected chi connectivity index (χ4v) is 0. The van der Waals surface area contributed by atoms with E-state index in [1.165, 1.54) is 0 Å². The minimum atomic E-state index is -0.757. The van der Waals surface area contributed by atoms with Gasteiger partial charge in [-0.15, -0.1) is 0 Å². The van der Waals surface area contributed by atoms with Crippen LogP contribution in [-0.2, 0) is 17.3 Å². The van der Waals surface area contributed by atoms with Crippen LogP contribution in [0.3, 0.4) is 0 Å². The molecular weight excluding hydrogens is 170 g/mol. The van der Waals surface area contributed by atoms with Crippen LogP contribution >= 0.6 is 10.3 Å². The molecule has 30 valence electrons. The first-order valence-electron chi connectivity index (χ1n) is 0.879. The summed E-state index contributed by atoms with van der Waals surface area (Å²) < 4.78 is -0.251. The van der Waals surface area contributed by atoms with E-state index in [0.29, 0.717) is 0 Å². The van der Waals surface area contributed by atoms with Crippen molar-refractivity contribution in [3.05, 3.63) is 0 Å². The molecule has 1 amide bonds. The third-order valence-electron chi connectivity index (χ3n) is 0.0900. The normalized spacial score (nSPS) is 7.40. The summed E-state index contributed by atoms with van der Waals surface area (Å²) in [5.74, 6) is 0. The molecule has 2 N–H and O–H groups in total. The summed E-state index contributed by atoms with van der Waals surface area (Å²) in [6, 6.07) is 0. The topological polar surface area (TPSA) is 43.1 Å². The summed E-state index contributed by atoms with van der Waals surface area (Å²) in [4.78, 5) is 9.57. The van der Waals surface area contributed by atoms with E-state index in [9.17, 15) is 4.79 Å². The van der Waals surface area contributed by atoms with E-state index >= 15 is 0 Å². The van der Waals surface area contributed by atoms with Crippen LogP contribution in [-0.4, -0.2) is 4.30 Å². The fourth-order valence-electron chi connectivity index (χ4n) is 0. The van der Waals surface area contributed by atoms with E-state index in [1.54, 1.807) is 0 Å². The van der Waals surface area contributed by atoms with Gasteiger partial charge in [-0.25, -0.2) is 0 Å². The van der Waals surface area contributed by atoms with Crippen molar-refractivity contribution >= 4 is 14.6 Å². The second kappa shape index (κ2) is 2.73. The van der Waals surface area contributed by atoms with Crippen molar-refractivity contribution in [2.24, 2.45) is 5.73 Å². The van der Waals surface area contributed by atoms with Crippen molar-refractivity contribution in [1.29, 1.82) is 0 Å². The zero-order chi connectivity index (χ0) is 4.28. The zero-order valence-corrected chi connectivity index (χ0v) is 5.24. The molecule has 0 unspecified atom stereocenters. The molecule has 0 aliphatic heterocycles. The van der Waals surface area contributed by atoms with Crippen LogP contribution in [0.1, 0.15) is 0 Å². The van der Waals surface area contributed by atoms with E-state index in [-0.39, 0.29) is 4.30 Å². The van der Waals surface area contributed by atoms with Gasteiger partial charge in [-0.05, 0) is 0 Å². The number of hydrogen-bond donors (Lipinski definition) is 2. The first kappa shape index (κ1) is 5.51. The van der Waals surface area contributed by atoms with Crippen LogP contribution in [0.25, 0.3) is 0 Å². The molecule has 0 fully saturated rings. The Morgan fingerprint density at radius 1 is 2.00 bits per heavy atom. The van der Waals surface area contributed by atoms with E-state index in [1.807, 2.05) is 0 Å². The molecular formula is CH3MoNOS. The maximum absolute atomic E-state index is 9.57. The average Bonchev–Trinajstić information content (AvgIpc) is 1.38. The maximum atomic E-state index is 9.57. The SMILES string of the molecule is N[C](=O)[Mo][SH]. The van der Waals surface area contributed by atoms with Crippen LogP contribution in [0.2, 0.25) is 0 Å². The van der Waals surface area contributed by atoms with Gasteiger partial charge in [-0.2, -0.15) is 0 Å². The minimum absolute atomic E-state index is 0.251. The van der Waals surface area contributed by atoms with Crippen molar-refractivity contribution in [3.8, 4) is 0 Å². The summed E-state index contributed by atoms with van der Waals surface area (Å²) >= 11 is -0.757. The Bertz CT molecular complexity index is 46.9. The Labute approximate surface area is 42.8 Å².